The minimum atomic E-state index is 1.22. The summed E-state index contributed by atoms with van der Waals surface area (Å²) in [5, 5.41) is 9.81. The van der Waals surface area contributed by atoms with Gasteiger partial charge in [0.25, 0.3) is 0 Å². The van der Waals surface area contributed by atoms with Crippen LogP contribution in [-0.4, -0.2) is 7.05 Å². The summed E-state index contributed by atoms with van der Waals surface area (Å²) in [5.41, 5.74) is 0. The van der Waals surface area contributed by atoms with Crippen LogP contribution in [0.25, 0.3) is 30.9 Å². The summed E-state index contributed by atoms with van der Waals surface area (Å²) >= 11 is 3.69. The average Bonchev–Trinajstić information content (AvgIpc) is 2.94. The van der Waals surface area contributed by atoms with Gasteiger partial charge >= 0.3 is 0 Å². The SMILES string of the molecule is CNc1cc2cc3cc4sc(C)cc4cc3cc2s1. The van der Waals surface area contributed by atoms with Crippen LogP contribution in [0, 0.1) is 6.92 Å². The van der Waals surface area contributed by atoms with Crippen molar-refractivity contribution in [1.82, 2.24) is 0 Å². The minimum Gasteiger partial charge on any atom is -0.380 e. The topological polar surface area (TPSA) is 12.0 Å². The van der Waals surface area contributed by atoms with Crippen molar-refractivity contribution in [2.45, 2.75) is 6.92 Å². The maximum Gasteiger partial charge on any atom is 0.0892 e. The van der Waals surface area contributed by atoms with Crippen LogP contribution >= 0.6 is 22.7 Å². The lowest BCUT2D eigenvalue weighted by Crippen LogP contribution is -1.79. The van der Waals surface area contributed by atoms with Crippen molar-refractivity contribution in [3.63, 3.8) is 0 Å². The fourth-order valence-corrected chi connectivity index (χ4v) is 4.48. The van der Waals surface area contributed by atoms with Gasteiger partial charge in [-0.05, 0) is 64.9 Å². The van der Waals surface area contributed by atoms with E-state index in [1.165, 1.54) is 40.8 Å². The molecule has 0 atom stereocenters. The van der Waals surface area contributed by atoms with Gasteiger partial charge in [0.05, 0.1) is 5.00 Å². The molecule has 4 aromatic rings. The molecule has 94 valence electrons. The zero-order valence-electron chi connectivity index (χ0n) is 10.8. The number of anilines is 1. The first-order chi connectivity index (χ1) is 9.22. The summed E-state index contributed by atoms with van der Waals surface area (Å²) < 4.78 is 2.73. The highest BCUT2D eigenvalue weighted by Gasteiger charge is 2.05. The molecular formula is C16H13NS2. The lowest BCUT2D eigenvalue weighted by Gasteiger charge is -1.99. The number of rotatable bonds is 1. The largest absolute Gasteiger partial charge is 0.380 e. The third kappa shape index (κ3) is 1.73. The Morgan fingerprint density at radius 1 is 0.737 bits per heavy atom. The van der Waals surface area contributed by atoms with Crippen molar-refractivity contribution in [1.29, 1.82) is 0 Å². The zero-order valence-corrected chi connectivity index (χ0v) is 12.4. The average molecular weight is 283 g/mol. The molecule has 0 radical (unpaired) electrons. The van der Waals surface area contributed by atoms with Crippen molar-refractivity contribution in [3.05, 3.63) is 41.3 Å². The van der Waals surface area contributed by atoms with Crippen molar-refractivity contribution >= 4 is 58.6 Å². The van der Waals surface area contributed by atoms with Crippen LogP contribution in [-0.2, 0) is 0 Å². The smallest absolute Gasteiger partial charge is 0.0892 e. The number of thiophene rings is 2. The Bertz CT molecular complexity index is 844. The van der Waals surface area contributed by atoms with Gasteiger partial charge in [0.1, 0.15) is 0 Å². The summed E-state index contributed by atoms with van der Waals surface area (Å²) in [6, 6.07) is 13.7. The van der Waals surface area contributed by atoms with Gasteiger partial charge in [-0.2, -0.15) is 0 Å². The number of hydrogen-bond donors (Lipinski definition) is 1. The highest BCUT2D eigenvalue weighted by molar-refractivity contribution is 7.22. The van der Waals surface area contributed by atoms with Gasteiger partial charge in [-0.15, -0.1) is 22.7 Å². The van der Waals surface area contributed by atoms with Gasteiger partial charge in [0.15, 0.2) is 0 Å². The van der Waals surface area contributed by atoms with E-state index >= 15 is 0 Å². The molecule has 0 spiro atoms. The van der Waals surface area contributed by atoms with Crippen LogP contribution in [0.5, 0.6) is 0 Å². The molecule has 0 unspecified atom stereocenters. The summed E-state index contributed by atoms with van der Waals surface area (Å²) in [6.07, 6.45) is 0. The van der Waals surface area contributed by atoms with E-state index in [-0.39, 0.29) is 0 Å². The molecular weight excluding hydrogens is 270 g/mol. The Hall–Kier alpha value is -1.58. The maximum absolute atomic E-state index is 3.23. The van der Waals surface area contributed by atoms with Gasteiger partial charge in [-0.3, -0.25) is 0 Å². The van der Waals surface area contributed by atoms with Gasteiger partial charge < -0.3 is 5.32 Å². The molecule has 0 aliphatic rings. The zero-order chi connectivity index (χ0) is 13.0. The molecule has 3 heteroatoms. The van der Waals surface area contributed by atoms with Gasteiger partial charge in [-0.25, -0.2) is 0 Å². The summed E-state index contributed by atoms with van der Waals surface area (Å²) in [6.45, 7) is 2.17. The molecule has 1 N–H and O–H groups in total. The number of hydrogen-bond acceptors (Lipinski definition) is 3. The molecule has 0 fully saturated rings. The fourth-order valence-electron chi connectivity index (χ4n) is 2.58. The van der Waals surface area contributed by atoms with Crippen LogP contribution < -0.4 is 5.32 Å². The second-order valence-corrected chi connectivity index (χ2v) is 7.22. The van der Waals surface area contributed by atoms with E-state index in [4.69, 9.17) is 0 Å². The summed E-state index contributed by atoms with van der Waals surface area (Å²) in [4.78, 5) is 1.38. The van der Waals surface area contributed by atoms with Crippen molar-refractivity contribution < 1.29 is 0 Å². The molecule has 0 aliphatic carbocycles. The van der Waals surface area contributed by atoms with Gasteiger partial charge in [0, 0.05) is 21.3 Å². The second kappa shape index (κ2) is 3.95. The van der Waals surface area contributed by atoms with E-state index in [9.17, 15) is 0 Å². The van der Waals surface area contributed by atoms with Crippen LogP contribution in [0.3, 0.4) is 0 Å². The Balaban J connectivity index is 2.10. The molecule has 1 nitrogen and oxygen atoms in total. The third-order valence-corrected chi connectivity index (χ3v) is 5.61. The quantitative estimate of drug-likeness (QED) is 0.478. The van der Waals surface area contributed by atoms with E-state index < -0.39 is 0 Å². The van der Waals surface area contributed by atoms with E-state index in [1.54, 1.807) is 0 Å². The minimum absolute atomic E-state index is 1.22. The van der Waals surface area contributed by atoms with E-state index in [1.807, 2.05) is 29.7 Å². The van der Waals surface area contributed by atoms with Gasteiger partial charge in [-0.1, -0.05) is 0 Å². The number of benzene rings is 2. The molecule has 2 aromatic heterocycles. The molecule has 4 rings (SSSR count). The Labute approximate surface area is 119 Å². The highest BCUT2D eigenvalue weighted by Crippen LogP contribution is 2.35. The Kier molecular flexibility index (Phi) is 2.34. The normalized spacial score (nSPS) is 11.7. The predicted octanol–water partition coefficient (Wildman–Crippen LogP) is 5.62. The molecule has 0 amide bonds. The van der Waals surface area contributed by atoms with Crippen molar-refractivity contribution in [3.8, 4) is 0 Å². The van der Waals surface area contributed by atoms with E-state index in [0.29, 0.717) is 0 Å². The highest BCUT2D eigenvalue weighted by atomic mass is 32.1. The predicted molar refractivity (Wildman–Crippen MR) is 89.0 cm³/mol. The van der Waals surface area contributed by atoms with E-state index in [2.05, 4.69) is 48.6 Å². The fraction of sp³-hybridized carbons (Fsp3) is 0.125. The van der Waals surface area contributed by atoms with Crippen molar-refractivity contribution in [2.24, 2.45) is 0 Å². The first-order valence-corrected chi connectivity index (χ1v) is 7.91. The molecule has 0 bridgehead atoms. The second-order valence-electron chi connectivity index (χ2n) is 4.84. The molecule has 2 aromatic carbocycles. The van der Waals surface area contributed by atoms with Gasteiger partial charge in [0.2, 0.25) is 0 Å². The first kappa shape index (κ1) is 11.3. The summed E-state index contributed by atoms with van der Waals surface area (Å²) in [5.74, 6) is 0. The standard InChI is InChI=1S/C16H13NS2/c1-9-3-12-4-10-7-15-13(8-16(17-2)19-15)5-11(10)6-14(12)18-9/h3-8,17H,1-2H3. The summed E-state index contributed by atoms with van der Waals surface area (Å²) in [7, 11) is 1.98. The third-order valence-electron chi connectivity index (χ3n) is 3.48. The lowest BCUT2D eigenvalue weighted by atomic mass is 10.1. The molecule has 0 aliphatic heterocycles. The Morgan fingerprint density at radius 3 is 2.05 bits per heavy atom. The van der Waals surface area contributed by atoms with Crippen LogP contribution in [0.2, 0.25) is 0 Å². The molecule has 0 saturated heterocycles. The molecule has 19 heavy (non-hydrogen) atoms. The first-order valence-electron chi connectivity index (χ1n) is 6.28. The number of aryl methyl sites for hydroxylation is 1. The molecule has 2 heterocycles. The van der Waals surface area contributed by atoms with E-state index in [0.717, 1.165) is 0 Å². The monoisotopic (exact) mass is 283 g/mol. The molecule has 0 saturated carbocycles. The lowest BCUT2D eigenvalue weighted by molar-refractivity contribution is 1.60. The van der Waals surface area contributed by atoms with Crippen LogP contribution in [0.15, 0.2) is 36.4 Å². The van der Waals surface area contributed by atoms with Crippen LogP contribution in [0.4, 0.5) is 5.00 Å². The Morgan fingerprint density at radius 2 is 1.37 bits per heavy atom. The van der Waals surface area contributed by atoms with Crippen molar-refractivity contribution in [2.75, 3.05) is 12.4 Å². The maximum atomic E-state index is 3.23. The van der Waals surface area contributed by atoms with Crippen LogP contribution in [0.1, 0.15) is 4.88 Å². The number of fused-ring (bicyclic) bond motifs is 3. The number of nitrogens with one attached hydrogen (secondary N) is 1.